The van der Waals surface area contributed by atoms with E-state index in [0.717, 1.165) is 44.7 Å². The molecule has 0 saturated heterocycles. The maximum Gasteiger partial charge on any atom is 0.137 e. The predicted octanol–water partition coefficient (Wildman–Crippen LogP) is 13.7. The van der Waals surface area contributed by atoms with Gasteiger partial charge in [0.1, 0.15) is 11.2 Å². The van der Waals surface area contributed by atoms with Gasteiger partial charge in [-0.25, -0.2) is 0 Å². The molecule has 0 bridgehead atoms. The van der Waals surface area contributed by atoms with E-state index in [9.17, 15) is 0 Å². The summed E-state index contributed by atoms with van der Waals surface area (Å²) in [5.41, 5.74) is 8.63. The van der Waals surface area contributed by atoms with Gasteiger partial charge in [-0.05, 0) is 78.2 Å². The van der Waals surface area contributed by atoms with Gasteiger partial charge in [0.25, 0.3) is 0 Å². The van der Waals surface area contributed by atoms with E-state index in [0.29, 0.717) is 0 Å². The van der Waals surface area contributed by atoms with Gasteiger partial charge < -0.3 is 13.9 Å². The summed E-state index contributed by atoms with van der Waals surface area (Å²) in [6.07, 6.45) is 0. The smallest absolute Gasteiger partial charge is 0.137 e. The summed E-state index contributed by atoms with van der Waals surface area (Å²) >= 11 is 1.85. The molecule has 0 fully saturated rings. The minimum atomic E-state index is 0.880. The van der Waals surface area contributed by atoms with Crippen molar-refractivity contribution in [1.82, 2.24) is 4.57 Å². The van der Waals surface area contributed by atoms with Gasteiger partial charge in [-0.15, -0.1) is 11.3 Å². The van der Waals surface area contributed by atoms with Crippen LogP contribution in [0.3, 0.4) is 0 Å². The van der Waals surface area contributed by atoms with Crippen LogP contribution in [0.4, 0.5) is 17.1 Å². The molecule has 3 nitrogen and oxygen atoms in total. The number of furan rings is 1. The third kappa shape index (κ3) is 4.03. The number of rotatable bonds is 4. The molecule has 234 valence electrons. The minimum absolute atomic E-state index is 0.880. The molecule has 0 unspecified atom stereocenters. The van der Waals surface area contributed by atoms with E-state index >= 15 is 0 Å². The molecule has 3 heterocycles. The number of benzene rings is 8. The number of thiophene rings is 1. The summed E-state index contributed by atoms with van der Waals surface area (Å²) in [5.74, 6) is 0. The lowest BCUT2D eigenvalue weighted by molar-refractivity contribution is 0.669. The van der Waals surface area contributed by atoms with Crippen LogP contribution in [0, 0.1) is 0 Å². The topological polar surface area (TPSA) is 21.3 Å². The van der Waals surface area contributed by atoms with Crippen LogP contribution >= 0.6 is 11.3 Å². The molecule has 3 aromatic heterocycles. The van der Waals surface area contributed by atoms with Crippen LogP contribution in [0.1, 0.15) is 0 Å². The van der Waals surface area contributed by atoms with Crippen LogP contribution in [0.25, 0.3) is 80.4 Å². The maximum absolute atomic E-state index is 6.44. The van der Waals surface area contributed by atoms with E-state index in [-0.39, 0.29) is 0 Å². The number of anilines is 3. The Hall–Kier alpha value is -6.36. The molecule has 0 atom stereocenters. The van der Waals surface area contributed by atoms with E-state index in [1.54, 1.807) is 0 Å². The molecular weight excluding hydrogens is 629 g/mol. The van der Waals surface area contributed by atoms with E-state index in [4.69, 9.17) is 4.42 Å². The van der Waals surface area contributed by atoms with Crippen LogP contribution < -0.4 is 4.90 Å². The molecule has 50 heavy (non-hydrogen) atoms. The summed E-state index contributed by atoms with van der Waals surface area (Å²) in [5, 5.41) is 9.70. The van der Waals surface area contributed by atoms with Crippen LogP contribution in [0.5, 0.6) is 0 Å². The summed E-state index contributed by atoms with van der Waals surface area (Å²) in [6.45, 7) is 0. The van der Waals surface area contributed by atoms with Crippen LogP contribution in [0.2, 0.25) is 0 Å². The molecule has 8 aromatic carbocycles. The van der Waals surface area contributed by atoms with Crippen molar-refractivity contribution in [2.45, 2.75) is 0 Å². The van der Waals surface area contributed by atoms with Crippen LogP contribution in [0.15, 0.2) is 174 Å². The second-order valence-corrected chi connectivity index (χ2v) is 14.0. The zero-order valence-corrected chi connectivity index (χ0v) is 27.7. The highest BCUT2D eigenvalue weighted by atomic mass is 32.1. The first-order chi connectivity index (χ1) is 24.8. The second kappa shape index (κ2) is 10.6. The number of aromatic nitrogens is 1. The van der Waals surface area contributed by atoms with Crippen molar-refractivity contribution < 1.29 is 4.42 Å². The lowest BCUT2D eigenvalue weighted by Gasteiger charge is -2.27. The zero-order valence-electron chi connectivity index (χ0n) is 26.9. The van der Waals surface area contributed by atoms with E-state index < -0.39 is 0 Å². The Morgan fingerprint density at radius 3 is 2.02 bits per heavy atom. The van der Waals surface area contributed by atoms with Gasteiger partial charge in [0, 0.05) is 70.2 Å². The van der Waals surface area contributed by atoms with Gasteiger partial charge in [-0.1, -0.05) is 91.0 Å². The molecule has 0 aliphatic rings. The van der Waals surface area contributed by atoms with Crippen LogP contribution in [-0.4, -0.2) is 4.57 Å². The summed E-state index contributed by atoms with van der Waals surface area (Å²) < 4.78 is 11.4. The van der Waals surface area contributed by atoms with Crippen LogP contribution in [-0.2, 0) is 0 Å². The number of hydrogen-bond acceptors (Lipinski definition) is 3. The highest BCUT2D eigenvalue weighted by Gasteiger charge is 2.21. The Morgan fingerprint density at radius 2 is 1.12 bits per heavy atom. The van der Waals surface area contributed by atoms with Gasteiger partial charge in [-0.2, -0.15) is 0 Å². The molecule has 0 spiro atoms. The molecule has 0 aliphatic carbocycles. The molecule has 0 N–H and O–H groups in total. The highest BCUT2D eigenvalue weighted by Crippen LogP contribution is 2.45. The van der Waals surface area contributed by atoms with Crippen molar-refractivity contribution in [2.24, 2.45) is 0 Å². The van der Waals surface area contributed by atoms with Crippen molar-refractivity contribution in [2.75, 3.05) is 4.90 Å². The fourth-order valence-corrected chi connectivity index (χ4v) is 9.05. The first kappa shape index (κ1) is 27.6. The third-order valence-corrected chi connectivity index (χ3v) is 11.3. The molecular formula is C46H28N2OS. The van der Waals surface area contributed by atoms with Crippen molar-refractivity contribution >= 4 is 103 Å². The first-order valence-electron chi connectivity index (χ1n) is 16.9. The highest BCUT2D eigenvalue weighted by molar-refractivity contribution is 7.25. The van der Waals surface area contributed by atoms with Gasteiger partial charge >= 0.3 is 0 Å². The van der Waals surface area contributed by atoms with Crippen molar-refractivity contribution in [3.05, 3.63) is 170 Å². The quantitative estimate of drug-likeness (QED) is 0.188. The largest absolute Gasteiger partial charge is 0.456 e. The molecule has 0 aliphatic heterocycles. The standard InChI is InChI=1S/C46H28N2OS/c1-2-12-30(13-3-1)48-40-17-7-4-14-33(40)39-28-38-29(25-42(39)48)11-10-18-41(38)47(31-21-23-35-34-15-5-8-19-43(34)49-44(35)26-31)32-22-24-37-36-16-6-9-20-45(36)50-46(37)27-32/h1-28H. The minimum Gasteiger partial charge on any atom is -0.456 e. The molecule has 11 rings (SSSR count). The molecule has 0 saturated carbocycles. The van der Waals surface area contributed by atoms with Gasteiger partial charge in [0.2, 0.25) is 0 Å². The van der Waals surface area contributed by atoms with Crippen molar-refractivity contribution in [3.8, 4) is 5.69 Å². The Bertz CT molecular complexity index is 3000. The average molecular weight is 657 g/mol. The molecule has 0 amide bonds. The van der Waals surface area contributed by atoms with E-state index in [2.05, 4.69) is 167 Å². The summed E-state index contributed by atoms with van der Waals surface area (Å²) in [4.78, 5) is 2.40. The molecule has 0 radical (unpaired) electrons. The summed E-state index contributed by atoms with van der Waals surface area (Å²) in [6, 6.07) is 61.4. The van der Waals surface area contributed by atoms with Crippen molar-refractivity contribution in [3.63, 3.8) is 0 Å². The number of para-hydroxylation sites is 3. The third-order valence-electron chi connectivity index (χ3n) is 10.1. The van der Waals surface area contributed by atoms with Gasteiger partial charge in [-0.3, -0.25) is 0 Å². The van der Waals surface area contributed by atoms with E-state index in [1.807, 2.05) is 23.5 Å². The Labute approximate surface area is 291 Å². The van der Waals surface area contributed by atoms with E-state index in [1.165, 1.54) is 52.8 Å². The number of nitrogens with zero attached hydrogens (tertiary/aromatic N) is 2. The fourth-order valence-electron chi connectivity index (χ4n) is 7.91. The Morgan fingerprint density at radius 1 is 0.420 bits per heavy atom. The Balaban J connectivity index is 1.20. The fraction of sp³-hybridized carbons (Fsp3) is 0. The van der Waals surface area contributed by atoms with Gasteiger partial charge in [0.05, 0.1) is 16.7 Å². The Kier molecular flexibility index (Phi) is 5.83. The number of fused-ring (bicyclic) bond motifs is 10. The monoisotopic (exact) mass is 656 g/mol. The van der Waals surface area contributed by atoms with Gasteiger partial charge in [0.15, 0.2) is 0 Å². The molecule has 4 heteroatoms. The first-order valence-corrected chi connectivity index (χ1v) is 17.7. The molecule has 11 aromatic rings. The average Bonchev–Trinajstić information content (AvgIpc) is 3.83. The normalized spacial score (nSPS) is 12.0. The lowest BCUT2D eigenvalue weighted by atomic mass is 10.0. The predicted molar refractivity (Wildman–Crippen MR) is 213 cm³/mol. The lowest BCUT2D eigenvalue weighted by Crippen LogP contribution is -2.10. The SMILES string of the molecule is c1ccc(-n2c3ccccc3c3cc4c(N(c5ccc6c(c5)oc5ccccc56)c5ccc6c(c5)sc5ccccc56)cccc4cc32)cc1. The second-order valence-electron chi connectivity index (χ2n) is 12.9. The zero-order chi connectivity index (χ0) is 32.8. The summed E-state index contributed by atoms with van der Waals surface area (Å²) in [7, 11) is 0. The maximum atomic E-state index is 6.44. The van der Waals surface area contributed by atoms with Crippen molar-refractivity contribution in [1.29, 1.82) is 0 Å². The number of hydrogen-bond donors (Lipinski definition) is 0.